The van der Waals surface area contributed by atoms with E-state index in [-0.39, 0.29) is 5.69 Å². The largest absolute Gasteiger partial charge is 0.461 e. The summed E-state index contributed by atoms with van der Waals surface area (Å²) < 4.78 is 113. The molecule has 0 aliphatic carbocycles. The van der Waals surface area contributed by atoms with Crippen LogP contribution >= 0.6 is 0 Å². The molecule has 2 atom stereocenters. The van der Waals surface area contributed by atoms with E-state index in [1.54, 1.807) is 0 Å². The second kappa shape index (κ2) is 10.2. The van der Waals surface area contributed by atoms with Gasteiger partial charge >= 0.3 is 18.2 Å². The summed E-state index contributed by atoms with van der Waals surface area (Å²) in [6.45, 7) is 0.223. The molecule has 202 valence electrons. The fourth-order valence-electron chi connectivity index (χ4n) is 3.45. The Labute approximate surface area is 206 Å². The molecule has 2 aromatic carbocycles. The smallest absolute Gasteiger partial charge is 0.428 e. The summed E-state index contributed by atoms with van der Waals surface area (Å²) in [6, 6.07) is 4.84. The molecule has 0 aliphatic heterocycles. The molecular formula is C22H20F6N2O6S. The summed E-state index contributed by atoms with van der Waals surface area (Å²) in [5, 5.41) is 11.4. The Kier molecular flexibility index (Phi) is 7.81. The van der Waals surface area contributed by atoms with E-state index in [1.165, 1.54) is 13.1 Å². The van der Waals surface area contributed by atoms with E-state index in [0.29, 0.717) is 12.3 Å². The van der Waals surface area contributed by atoms with Crippen LogP contribution in [-0.2, 0) is 19.9 Å². The van der Waals surface area contributed by atoms with Crippen LogP contribution in [0.15, 0.2) is 59.7 Å². The van der Waals surface area contributed by atoms with Gasteiger partial charge in [-0.25, -0.2) is 13.6 Å². The topological polar surface area (TPSA) is 99.8 Å². The van der Waals surface area contributed by atoms with Crippen LogP contribution in [0.5, 0.6) is 5.75 Å². The molecule has 1 aromatic heterocycles. The number of rotatable bonds is 10. The molecule has 0 spiro atoms. The average molecular weight is 554 g/mol. The van der Waals surface area contributed by atoms with Crippen molar-refractivity contribution in [3.8, 4) is 11.4 Å². The van der Waals surface area contributed by atoms with Gasteiger partial charge < -0.3 is 9.84 Å². The predicted octanol–water partition coefficient (Wildman–Crippen LogP) is 3.58. The van der Waals surface area contributed by atoms with Gasteiger partial charge in [-0.15, -0.1) is 0 Å². The van der Waals surface area contributed by atoms with Crippen molar-refractivity contribution < 1.29 is 48.8 Å². The number of benzene rings is 2. The van der Waals surface area contributed by atoms with Crippen molar-refractivity contribution in [3.05, 3.63) is 82.5 Å². The molecule has 3 aromatic rings. The second-order valence-electron chi connectivity index (χ2n) is 8.01. The Morgan fingerprint density at radius 1 is 1.05 bits per heavy atom. The quantitative estimate of drug-likeness (QED) is 0.304. The van der Waals surface area contributed by atoms with Gasteiger partial charge in [-0.2, -0.15) is 26.0 Å². The highest BCUT2D eigenvalue weighted by Crippen LogP contribution is 2.35. The molecule has 0 saturated heterocycles. The van der Waals surface area contributed by atoms with Gasteiger partial charge in [0.1, 0.15) is 29.6 Å². The lowest BCUT2D eigenvalue weighted by atomic mass is 9.87. The predicted molar refractivity (Wildman–Crippen MR) is 117 cm³/mol. The third kappa shape index (κ3) is 6.17. The van der Waals surface area contributed by atoms with Gasteiger partial charge in [0.05, 0.1) is 18.0 Å². The van der Waals surface area contributed by atoms with Crippen molar-refractivity contribution in [2.75, 3.05) is 12.9 Å². The highest BCUT2D eigenvalue weighted by molar-refractivity contribution is 7.85. The van der Waals surface area contributed by atoms with E-state index >= 15 is 0 Å². The van der Waals surface area contributed by atoms with Crippen LogP contribution in [0.25, 0.3) is 5.69 Å². The zero-order chi connectivity index (χ0) is 27.8. The maximum atomic E-state index is 14.6. The maximum Gasteiger partial charge on any atom is 0.461 e. The lowest BCUT2D eigenvalue weighted by Crippen LogP contribution is -2.44. The van der Waals surface area contributed by atoms with E-state index < -0.39 is 69.5 Å². The van der Waals surface area contributed by atoms with Gasteiger partial charge in [0.15, 0.2) is 0 Å². The number of halogens is 6. The number of alkyl halides is 4. The van der Waals surface area contributed by atoms with E-state index in [4.69, 9.17) is 0 Å². The van der Waals surface area contributed by atoms with Crippen molar-refractivity contribution in [2.24, 2.45) is 0 Å². The zero-order valence-electron chi connectivity index (χ0n) is 19.1. The van der Waals surface area contributed by atoms with Crippen LogP contribution in [0.4, 0.5) is 26.3 Å². The Hall–Kier alpha value is -3.30. The van der Waals surface area contributed by atoms with Gasteiger partial charge in [-0.1, -0.05) is 6.07 Å². The molecule has 1 N–H and O–H groups in total. The summed E-state index contributed by atoms with van der Waals surface area (Å²) in [4.78, 5) is 13.1. The highest BCUT2D eigenvalue weighted by atomic mass is 32.2. The van der Waals surface area contributed by atoms with E-state index in [9.17, 15) is 44.7 Å². The molecule has 3 rings (SSSR count). The van der Waals surface area contributed by atoms with Crippen LogP contribution in [0.2, 0.25) is 0 Å². The molecule has 0 amide bonds. The Morgan fingerprint density at radius 3 is 2.22 bits per heavy atom. The van der Waals surface area contributed by atoms with Gasteiger partial charge in [0.2, 0.25) is 0 Å². The van der Waals surface area contributed by atoms with Crippen molar-refractivity contribution in [1.29, 1.82) is 0 Å². The molecule has 0 saturated carbocycles. The number of aliphatic hydroxyl groups is 1. The monoisotopic (exact) mass is 554 g/mol. The van der Waals surface area contributed by atoms with Crippen LogP contribution in [0, 0.1) is 11.6 Å². The molecule has 0 unspecified atom stereocenters. The lowest BCUT2D eigenvalue weighted by Gasteiger charge is -2.34. The van der Waals surface area contributed by atoms with Gasteiger partial charge in [-0.05, 0) is 37.3 Å². The fourth-order valence-corrected chi connectivity index (χ4v) is 3.84. The summed E-state index contributed by atoms with van der Waals surface area (Å²) in [5.74, 6) is -2.80. The molecular weight excluding hydrogens is 534 g/mol. The van der Waals surface area contributed by atoms with Gasteiger partial charge in [0, 0.05) is 24.0 Å². The highest BCUT2D eigenvalue weighted by Gasteiger charge is 2.44. The minimum absolute atomic E-state index is 0.0764. The first-order valence-electron chi connectivity index (χ1n) is 10.3. The fraction of sp³-hybridized carbons (Fsp3) is 0.318. The minimum atomic E-state index is -4.73. The van der Waals surface area contributed by atoms with Gasteiger partial charge in [-0.3, -0.25) is 13.3 Å². The molecule has 1 heterocycles. The normalized spacial score (nSPS) is 15.0. The second-order valence-corrected chi connectivity index (χ2v) is 9.65. The first-order valence-corrected chi connectivity index (χ1v) is 12.1. The molecule has 0 aliphatic rings. The Morgan fingerprint density at radius 2 is 1.68 bits per heavy atom. The third-order valence-corrected chi connectivity index (χ3v) is 5.97. The molecule has 0 bridgehead atoms. The number of hydrogen-bond donors (Lipinski definition) is 1. The minimum Gasteiger partial charge on any atom is -0.428 e. The molecule has 0 radical (unpaired) electrons. The van der Waals surface area contributed by atoms with E-state index in [0.717, 1.165) is 51.7 Å². The summed E-state index contributed by atoms with van der Waals surface area (Å²) >= 11 is 0. The number of hydrogen-bond acceptors (Lipinski definition) is 6. The van der Waals surface area contributed by atoms with Crippen LogP contribution < -0.4 is 10.4 Å². The average Bonchev–Trinajstić information content (AvgIpc) is 3.17. The summed E-state index contributed by atoms with van der Waals surface area (Å²) in [6.07, 6.45) is -5.75. The number of ether oxygens (including phenoxy) is 1. The summed E-state index contributed by atoms with van der Waals surface area (Å²) in [7, 11) is -4.13. The van der Waals surface area contributed by atoms with Crippen LogP contribution in [-0.4, -0.2) is 48.1 Å². The van der Waals surface area contributed by atoms with Crippen molar-refractivity contribution >= 4 is 10.1 Å². The molecule has 0 fully saturated rings. The number of imidazole rings is 1. The number of aromatic nitrogens is 2. The van der Waals surface area contributed by atoms with Crippen molar-refractivity contribution in [1.82, 2.24) is 9.13 Å². The van der Waals surface area contributed by atoms with E-state index in [2.05, 4.69) is 8.92 Å². The van der Waals surface area contributed by atoms with E-state index in [1.807, 2.05) is 0 Å². The SMILES string of the molecule is C[C@@H](n1ccn(-c2ccc(OC(F)(F)C(F)F)cc2)c1=O)[C@@](O)(COS(C)(=O)=O)c1ccc(F)cc1F. The Bertz CT molecular complexity index is 1420. The van der Waals surface area contributed by atoms with Gasteiger partial charge in [0.25, 0.3) is 10.1 Å². The standard InChI is InChI=1S/C22H20F6N2O6S/c1-13(21(32,12-35-37(2,33)34)17-8-3-14(23)11-18(17)24)29-9-10-30(20(29)31)15-4-6-16(7-5-15)36-22(27,28)19(25)26/h3-11,13,19,32H,12H2,1-2H3/t13-,21+/m1/s1. The molecule has 8 nitrogen and oxygen atoms in total. The first kappa shape index (κ1) is 28.3. The summed E-state index contributed by atoms with van der Waals surface area (Å²) in [5.41, 5.74) is -3.81. The van der Waals surface area contributed by atoms with Crippen LogP contribution in [0.1, 0.15) is 18.5 Å². The molecule has 37 heavy (non-hydrogen) atoms. The first-order chi connectivity index (χ1) is 17.0. The zero-order valence-corrected chi connectivity index (χ0v) is 19.9. The lowest BCUT2D eigenvalue weighted by molar-refractivity contribution is -0.253. The van der Waals surface area contributed by atoms with Crippen LogP contribution in [0.3, 0.4) is 0 Å². The third-order valence-electron chi connectivity index (χ3n) is 5.43. The molecule has 15 heteroatoms. The van der Waals surface area contributed by atoms with Crippen molar-refractivity contribution in [2.45, 2.75) is 31.1 Å². The van der Waals surface area contributed by atoms with Crippen molar-refractivity contribution in [3.63, 3.8) is 0 Å². The maximum absolute atomic E-state index is 14.6. The Balaban J connectivity index is 1.98. The number of nitrogens with zero attached hydrogens (tertiary/aromatic N) is 2.